The van der Waals surface area contributed by atoms with E-state index in [0.717, 1.165) is 23.9 Å². The van der Waals surface area contributed by atoms with E-state index in [9.17, 15) is 0 Å². The third kappa shape index (κ3) is 4.55. The fraction of sp³-hybridized carbons (Fsp3) is 0.333. The highest BCUT2D eigenvalue weighted by Gasteiger charge is 2.14. The fourth-order valence-electron chi connectivity index (χ4n) is 2.14. The molecule has 4 heteroatoms. The zero-order chi connectivity index (χ0) is 13.7. The zero-order valence-corrected chi connectivity index (χ0v) is 15.4. The maximum Gasteiger partial charge on any atom is 0.0334 e. The van der Waals surface area contributed by atoms with Crippen LogP contribution in [-0.2, 0) is 6.42 Å². The van der Waals surface area contributed by atoms with Crippen molar-refractivity contribution in [3.8, 4) is 0 Å². The van der Waals surface area contributed by atoms with E-state index in [4.69, 9.17) is 0 Å². The Balaban J connectivity index is 2.12. The minimum absolute atomic E-state index is 0.427. The Labute approximate surface area is 141 Å². The van der Waals surface area contributed by atoms with Gasteiger partial charge in [0.15, 0.2) is 0 Å². The molecule has 0 aliphatic heterocycles. The highest BCUT2D eigenvalue weighted by Crippen LogP contribution is 2.27. The Morgan fingerprint density at radius 2 is 2.21 bits per heavy atom. The normalized spacial score (nSPS) is 12.6. The average Bonchev–Trinajstić information content (AvgIpc) is 2.91. The van der Waals surface area contributed by atoms with Gasteiger partial charge in [0.05, 0.1) is 0 Å². The number of benzene rings is 1. The first-order valence-corrected chi connectivity index (χ1v) is 9.16. The highest BCUT2D eigenvalue weighted by atomic mass is 127. The van der Waals surface area contributed by atoms with Crippen molar-refractivity contribution in [1.82, 2.24) is 5.32 Å². The molecule has 1 nitrogen and oxygen atoms in total. The molecular formula is C15H17BrINS. The van der Waals surface area contributed by atoms with Gasteiger partial charge < -0.3 is 5.32 Å². The predicted molar refractivity (Wildman–Crippen MR) is 95.9 cm³/mol. The van der Waals surface area contributed by atoms with Gasteiger partial charge in [-0.3, -0.25) is 0 Å². The molecule has 1 aromatic carbocycles. The Morgan fingerprint density at radius 1 is 1.37 bits per heavy atom. The number of thiophene rings is 1. The molecule has 0 fully saturated rings. The van der Waals surface area contributed by atoms with Crippen molar-refractivity contribution in [3.63, 3.8) is 0 Å². The third-order valence-corrected chi connectivity index (χ3v) is 5.46. The molecule has 1 unspecified atom stereocenters. The predicted octanol–water partition coefficient (Wildman–Crippen LogP) is 5.40. The SMILES string of the molecule is CCNC(CCc1cccs1)c1cc(Br)ccc1I. The summed E-state index contributed by atoms with van der Waals surface area (Å²) in [7, 11) is 0. The van der Waals surface area contributed by atoms with Crippen molar-refractivity contribution in [1.29, 1.82) is 0 Å². The molecular weight excluding hydrogens is 433 g/mol. The summed E-state index contributed by atoms with van der Waals surface area (Å²) < 4.78 is 2.49. The van der Waals surface area contributed by atoms with Gasteiger partial charge in [-0.15, -0.1) is 11.3 Å². The van der Waals surface area contributed by atoms with Crippen LogP contribution in [0.25, 0.3) is 0 Å². The fourth-order valence-corrected chi connectivity index (χ4v) is 3.95. The maximum absolute atomic E-state index is 3.61. The van der Waals surface area contributed by atoms with Crippen molar-refractivity contribution >= 4 is 49.9 Å². The number of nitrogens with one attached hydrogen (secondary N) is 1. The van der Waals surface area contributed by atoms with Gasteiger partial charge in [0, 0.05) is 19.0 Å². The van der Waals surface area contributed by atoms with Gasteiger partial charge in [0.2, 0.25) is 0 Å². The molecule has 0 bridgehead atoms. The number of aryl methyl sites for hydroxylation is 1. The van der Waals surface area contributed by atoms with Crippen LogP contribution in [0.3, 0.4) is 0 Å². The van der Waals surface area contributed by atoms with Gasteiger partial charge in [-0.05, 0) is 77.2 Å². The molecule has 0 amide bonds. The minimum Gasteiger partial charge on any atom is -0.310 e. The summed E-state index contributed by atoms with van der Waals surface area (Å²) in [5.74, 6) is 0. The second kappa shape index (κ2) is 7.76. The summed E-state index contributed by atoms with van der Waals surface area (Å²) in [5, 5.41) is 5.76. The number of rotatable bonds is 6. The van der Waals surface area contributed by atoms with E-state index in [-0.39, 0.29) is 0 Å². The van der Waals surface area contributed by atoms with Crippen LogP contribution in [0, 0.1) is 3.57 Å². The zero-order valence-electron chi connectivity index (χ0n) is 10.8. The standard InChI is InChI=1S/C15H17BrINS/c1-2-18-15(8-6-12-4-3-9-19-12)13-10-11(16)5-7-14(13)17/h3-5,7,9-10,15,18H,2,6,8H2,1H3. The second-order valence-electron chi connectivity index (χ2n) is 4.39. The van der Waals surface area contributed by atoms with Crippen LogP contribution >= 0.6 is 49.9 Å². The van der Waals surface area contributed by atoms with E-state index in [2.05, 4.69) is 86.5 Å². The lowest BCUT2D eigenvalue weighted by Gasteiger charge is -2.20. The second-order valence-corrected chi connectivity index (χ2v) is 7.50. The summed E-state index contributed by atoms with van der Waals surface area (Å²) in [6, 6.07) is 11.3. The van der Waals surface area contributed by atoms with E-state index < -0.39 is 0 Å². The monoisotopic (exact) mass is 449 g/mol. The topological polar surface area (TPSA) is 12.0 Å². The van der Waals surface area contributed by atoms with E-state index in [1.807, 2.05) is 11.3 Å². The highest BCUT2D eigenvalue weighted by molar-refractivity contribution is 14.1. The largest absolute Gasteiger partial charge is 0.310 e. The lowest BCUT2D eigenvalue weighted by atomic mass is 10.0. The van der Waals surface area contributed by atoms with Gasteiger partial charge in [-0.1, -0.05) is 28.9 Å². The lowest BCUT2D eigenvalue weighted by molar-refractivity contribution is 0.515. The van der Waals surface area contributed by atoms with E-state index in [1.54, 1.807) is 0 Å². The van der Waals surface area contributed by atoms with E-state index in [1.165, 1.54) is 14.0 Å². The van der Waals surface area contributed by atoms with E-state index >= 15 is 0 Å². The molecule has 19 heavy (non-hydrogen) atoms. The molecule has 1 N–H and O–H groups in total. The van der Waals surface area contributed by atoms with Crippen molar-refractivity contribution in [2.75, 3.05) is 6.54 Å². The minimum atomic E-state index is 0.427. The Bertz CT molecular complexity index is 513. The first-order valence-electron chi connectivity index (χ1n) is 6.41. The van der Waals surface area contributed by atoms with Crippen LogP contribution in [0.4, 0.5) is 0 Å². The molecule has 1 heterocycles. The van der Waals surface area contributed by atoms with E-state index in [0.29, 0.717) is 6.04 Å². The maximum atomic E-state index is 3.61. The van der Waals surface area contributed by atoms with Crippen molar-refractivity contribution < 1.29 is 0 Å². The van der Waals surface area contributed by atoms with Gasteiger partial charge in [-0.25, -0.2) is 0 Å². The summed E-state index contributed by atoms with van der Waals surface area (Å²) >= 11 is 7.85. The van der Waals surface area contributed by atoms with Crippen LogP contribution in [-0.4, -0.2) is 6.54 Å². The van der Waals surface area contributed by atoms with Crippen LogP contribution in [0.15, 0.2) is 40.2 Å². The lowest BCUT2D eigenvalue weighted by Crippen LogP contribution is -2.22. The quantitative estimate of drug-likeness (QED) is 0.582. The molecule has 0 radical (unpaired) electrons. The first kappa shape index (κ1) is 15.5. The molecule has 0 spiro atoms. The molecule has 0 aliphatic carbocycles. The number of hydrogen-bond donors (Lipinski definition) is 1. The molecule has 0 saturated heterocycles. The van der Waals surface area contributed by atoms with Gasteiger partial charge in [0.1, 0.15) is 0 Å². The molecule has 0 aliphatic rings. The Morgan fingerprint density at radius 3 is 2.89 bits per heavy atom. The Kier molecular flexibility index (Phi) is 6.32. The number of halogens is 2. The van der Waals surface area contributed by atoms with Gasteiger partial charge in [0.25, 0.3) is 0 Å². The Hall–Kier alpha value is 0.0900. The summed E-state index contributed by atoms with van der Waals surface area (Å²) in [5.41, 5.74) is 1.40. The number of hydrogen-bond acceptors (Lipinski definition) is 2. The molecule has 0 saturated carbocycles. The summed E-state index contributed by atoms with van der Waals surface area (Å²) in [6.45, 7) is 3.17. The van der Waals surface area contributed by atoms with Crippen LogP contribution in [0.5, 0.6) is 0 Å². The molecule has 1 atom stereocenters. The molecule has 102 valence electrons. The molecule has 2 rings (SSSR count). The van der Waals surface area contributed by atoms with Crippen LogP contribution < -0.4 is 5.32 Å². The van der Waals surface area contributed by atoms with Gasteiger partial charge >= 0.3 is 0 Å². The van der Waals surface area contributed by atoms with Crippen LogP contribution in [0.2, 0.25) is 0 Å². The summed E-state index contributed by atoms with van der Waals surface area (Å²) in [6.07, 6.45) is 2.28. The molecule has 1 aromatic heterocycles. The van der Waals surface area contributed by atoms with Crippen molar-refractivity contribution in [3.05, 3.63) is 54.2 Å². The summed E-state index contributed by atoms with van der Waals surface area (Å²) in [4.78, 5) is 1.47. The van der Waals surface area contributed by atoms with Crippen molar-refractivity contribution in [2.45, 2.75) is 25.8 Å². The average molecular weight is 450 g/mol. The third-order valence-electron chi connectivity index (χ3n) is 3.04. The molecule has 2 aromatic rings. The van der Waals surface area contributed by atoms with Crippen LogP contribution in [0.1, 0.15) is 29.8 Å². The van der Waals surface area contributed by atoms with Crippen molar-refractivity contribution in [2.24, 2.45) is 0 Å². The smallest absolute Gasteiger partial charge is 0.0334 e. The first-order chi connectivity index (χ1) is 9.20. The van der Waals surface area contributed by atoms with Gasteiger partial charge in [-0.2, -0.15) is 0 Å².